The molecule has 0 unspecified atom stereocenters. The van der Waals surface area contributed by atoms with Crippen LogP contribution in [0.15, 0.2) is 97.3 Å². The molecule has 4 aromatic carbocycles. The zero-order chi connectivity index (χ0) is 21.4. The summed E-state index contributed by atoms with van der Waals surface area (Å²) in [7, 11) is 0. The molecule has 32 heavy (non-hydrogen) atoms. The minimum absolute atomic E-state index is 0.0532. The molecule has 0 fully saturated rings. The Labute approximate surface area is 186 Å². The molecule has 0 amide bonds. The fraction of sp³-hybridized carbons (Fsp3) is 0.100. The Morgan fingerprint density at radius 1 is 0.625 bits per heavy atom. The number of aromatic nitrogens is 2. The van der Waals surface area contributed by atoms with Gasteiger partial charge in [-0.3, -0.25) is 4.98 Å². The predicted octanol–water partition coefficient (Wildman–Crippen LogP) is 7.64. The molecular weight excluding hydrogens is 388 g/mol. The zero-order valence-electron chi connectivity index (χ0n) is 18.1. The predicted molar refractivity (Wildman–Crippen MR) is 134 cm³/mol. The number of benzene rings is 4. The van der Waals surface area contributed by atoms with Crippen molar-refractivity contribution < 1.29 is 0 Å². The van der Waals surface area contributed by atoms with E-state index in [1.54, 1.807) is 0 Å². The highest BCUT2D eigenvalue weighted by molar-refractivity contribution is 6.12. The molecule has 2 heterocycles. The van der Waals surface area contributed by atoms with Crippen molar-refractivity contribution in [3.63, 3.8) is 0 Å². The number of fused-ring (bicyclic) bond motifs is 7. The van der Waals surface area contributed by atoms with E-state index in [4.69, 9.17) is 0 Å². The van der Waals surface area contributed by atoms with Gasteiger partial charge in [0.15, 0.2) is 0 Å². The van der Waals surface area contributed by atoms with Crippen LogP contribution in [0.1, 0.15) is 25.0 Å². The molecule has 0 N–H and O–H groups in total. The monoisotopic (exact) mass is 410 g/mol. The lowest BCUT2D eigenvalue weighted by Gasteiger charge is -2.22. The van der Waals surface area contributed by atoms with E-state index >= 15 is 0 Å². The van der Waals surface area contributed by atoms with E-state index in [-0.39, 0.29) is 5.41 Å². The second-order valence-electron chi connectivity index (χ2n) is 9.34. The van der Waals surface area contributed by atoms with E-state index < -0.39 is 0 Å². The number of para-hydroxylation sites is 1. The summed E-state index contributed by atoms with van der Waals surface area (Å²) in [5.74, 6) is 0. The molecule has 0 saturated heterocycles. The van der Waals surface area contributed by atoms with E-state index in [1.165, 1.54) is 54.8 Å². The van der Waals surface area contributed by atoms with Crippen LogP contribution in [0.3, 0.4) is 0 Å². The third-order valence-electron chi connectivity index (χ3n) is 7.26. The fourth-order valence-electron chi connectivity index (χ4n) is 5.65. The van der Waals surface area contributed by atoms with Crippen LogP contribution in [0, 0.1) is 0 Å². The summed E-state index contributed by atoms with van der Waals surface area (Å²) in [6.45, 7) is 4.72. The van der Waals surface area contributed by atoms with E-state index in [0.29, 0.717) is 0 Å². The molecule has 0 saturated carbocycles. The van der Waals surface area contributed by atoms with E-state index in [9.17, 15) is 0 Å². The highest BCUT2D eigenvalue weighted by Crippen LogP contribution is 2.52. The van der Waals surface area contributed by atoms with Gasteiger partial charge in [0.2, 0.25) is 0 Å². The van der Waals surface area contributed by atoms with Gasteiger partial charge in [0.25, 0.3) is 0 Å². The zero-order valence-corrected chi connectivity index (χ0v) is 18.1. The van der Waals surface area contributed by atoms with E-state index in [0.717, 1.165) is 5.69 Å². The Bertz CT molecular complexity index is 1690. The minimum atomic E-state index is -0.0532. The lowest BCUT2D eigenvalue weighted by atomic mass is 9.81. The number of hydrogen-bond acceptors (Lipinski definition) is 1. The van der Waals surface area contributed by atoms with Crippen molar-refractivity contribution in [1.29, 1.82) is 0 Å². The second-order valence-corrected chi connectivity index (χ2v) is 9.34. The summed E-state index contributed by atoms with van der Waals surface area (Å²) >= 11 is 0. The van der Waals surface area contributed by atoms with Crippen molar-refractivity contribution in [1.82, 2.24) is 9.55 Å². The van der Waals surface area contributed by atoms with Gasteiger partial charge in [-0.15, -0.1) is 0 Å². The standard InChI is InChI=1S/C30H22N2/c1-30(2)26-16-20-8-4-3-7-19(20)15-23(26)24-17-25-22-9-5-6-10-28(22)32(29(25)18-27(24)30)21-11-13-31-14-12-21/h3-18H,1-2H3. The maximum absolute atomic E-state index is 4.24. The van der Waals surface area contributed by atoms with Crippen LogP contribution in [0.25, 0.3) is 49.4 Å². The number of nitrogens with zero attached hydrogens (tertiary/aromatic N) is 2. The Morgan fingerprint density at radius 3 is 2.09 bits per heavy atom. The molecule has 0 atom stereocenters. The van der Waals surface area contributed by atoms with Crippen LogP contribution in [0.4, 0.5) is 0 Å². The van der Waals surface area contributed by atoms with Gasteiger partial charge in [-0.2, -0.15) is 0 Å². The number of rotatable bonds is 1. The van der Waals surface area contributed by atoms with Crippen LogP contribution in [0.5, 0.6) is 0 Å². The van der Waals surface area contributed by atoms with Gasteiger partial charge in [-0.25, -0.2) is 0 Å². The largest absolute Gasteiger partial charge is 0.309 e. The third-order valence-corrected chi connectivity index (χ3v) is 7.26. The molecular formula is C30H22N2. The average Bonchev–Trinajstić information content (AvgIpc) is 3.26. The number of hydrogen-bond donors (Lipinski definition) is 0. The van der Waals surface area contributed by atoms with Crippen molar-refractivity contribution in [3.8, 4) is 16.8 Å². The first-order valence-electron chi connectivity index (χ1n) is 11.1. The first kappa shape index (κ1) is 17.7. The topological polar surface area (TPSA) is 17.8 Å². The first-order valence-corrected chi connectivity index (χ1v) is 11.1. The summed E-state index contributed by atoms with van der Waals surface area (Å²) in [5.41, 5.74) is 9.11. The van der Waals surface area contributed by atoms with Crippen molar-refractivity contribution in [3.05, 3.63) is 108 Å². The van der Waals surface area contributed by atoms with Crippen molar-refractivity contribution >= 4 is 32.6 Å². The lowest BCUT2D eigenvalue weighted by molar-refractivity contribution is 0.662. The van der Waals surface area contributed by atoms with Gasteiger partial charge < -0.3 is 4.57 Å². The Balaban J connectivity index is 1.62. The van der Waals surface area contributed by atoms with Crippen molar-refractivity contribution in [2.45, 2.75) is 19.3 Å². The first-order chi connectivity index (χ1) is 15.6. The van der Waals surface area contributed by atoms with Crippen molar-refractivity contribution in [2.75, 3.05) is 0 Å². The molecule has 2 aromatic heterocycles. The summed E-state index contributed by atoms with van der Waals surface area (Å²) in [6.07, 6.45) is 3.74. The van der Waals surface area contributed by atoms with Crippen LogP contribution in [-0.2, 0) is 5.41 Å². The molecule has 7 rings (SSSR count). The molecule has 6 aromatic rings. The smallest absolute Gasteiger partial charge is 0.0544 e. The fourth-order valence-corrected chi connectivity index (χ4v) is 5.65. The van der Waals surface area contributed by atoms with Crippen molar-refractivity contribution in [2.24, 2.45) is 0 Å². The molecule has 1 aliphatic rings. The second kappa shape index (κ2) is 6.08. The van der Waals surface area contributed by atoms with Gasteiger partial charge in [0.1, 0.15) is 0 Å². The summed E-state index contributed by atoms with van der Waals surface area (Å²) < 4.78 is 2.38. The highest BCUT2D eigenvalue weighted by atomic mass is 15.0. The number of pyridine rings is 1. The Hall–Kier alpha value is -3.91. The SMILES string of the molecule is CC1(C)c2cc3ccccc3cc2-c2cc3c4ccccc4n(-c4ccncc4)c3cc21. The van der Waals surface area contributed by atoms with E-state index in [1.807, 2.05) is 12.4 Å². The van der Waals surface area contributed by atoms with Crippen LogP contribution < -0.4 is 0 Å². The minimum Gasteiger partial charge on any atom is -0.309 e. The Kier molecular flexibility index (Phi) is 3.37. The third kappa shape index (κ3) is 2.22. The molecule has 152 valence electrons. The van der Waals surface area contributed by atoms with Gasteiger partial charge in [0, 0.05) is 34.3 Å². The van der Waals surface area contributed by atoms with Gasteiger partial charge in [-0.1, -0.05) is 56.3 Å². The summed E-state index contributed by atoms with van der Waals surface area (Å²) in [6, 6.07) is 31.2. The summed E-state index contributed by atoms with van der Waals surface area (Å²) in [5, 5.41) is 5.19. The molecule has 2 nitrogen and oxygen atoms in total. The van der Waals surface area contributed by atoms with Crippen LogP contribution in [0.2, 0.25) is 0 Å². The maximum Gasteiger partial charge on any atom is 0.0544 e. The van der Waals surface area contributed by atoms with Crippen LogP contribution >= 0.6 is 0 Å². The van der Waals surface area contributed by atoms with E-state index in [2.05, 4.69) is 108 Å². The van der Waals surface area contributed by atoms with Gasteiger partial charge >= 0.3 is 0 Å². The molecule has 2 heteroatoms. The highest BCUT2D eigenvalue weighted by Gasteiger charge is 2.36. The summed E-state index contributed by atoms with van der Waals surface area (Å²) in [4.78, 5) is 4.24. The molecule has 0 aliphatic heterocycles. The molecule has 0 radical (unpaired) electrons. The average molecular weight is 411 g/mol. The lowest BCUT2D eigenvalue weighted by Crippen LogP contribution is -2.15. The van der Waals surface area contributed by atoms with Gasteiger partial charge in [0.05, 0.1) is 11.0 Å². The quantitative estimate of drug-likeness (QED) is 0.272. The molecule has 0 spiro atoms. The normalized spacial score (nSPS) is 14.2. The van der Waals surface area contributed by atoms with Crippen LogP contribution in [-0.4, -0.2) is 9.55 Å². The Morgan fingerprint density at radius 2 is 1.28 bits per heavy atom. The molecule has 0 bridgehead atoms. The maximum atomic E-state index is 4.24. The molecule has 1 aliphatic carbocycles. The van der Waals surface area contributed by atoms with Gasteiger partial charge in [-0.05, 0) is 75.5 Å².